The third-order valence-corrected chi connectivity index (χ3v) is 1.50. The monoisotopic (exact) mass is 168 g/mol. The second-order valence-electron chi connectivity index (χ2n) is 2.66. The molecular weight excluding hydrogens is 152 g/mol. The Morgan fingerprint density at radius 1 is 1.75 bits per heavy atom. The lowest BCUT2D eigenvalue weighted by Crippen LogP contribution is -2.40. The molecule has 3 N–H and O–H groups in total. The Morgan fingerprint density at radius 2 is 2.42 bits per heavy atom. The summed E-state index contributed by atoms with van der Waals surface area (Å²) in [6.07, 6.45) is 7.36. The summed E-state index contributed by atoms with van der Waals surface area (Å²) >= 11 is 0. The van der Waals surface area contributed by atoms with E-state index < -0.39 is 6.04 Å². The molecule has 3 heteroatoms. The molecule has 0 aromatic rings. The first-order valence-electron chi connectivity index (χ1n) is 4.19. The van der Waals surface area contributed by atoms with E-state index in [2.05, 4.69) is 18.2 Å². The molecule has 0 saturated heterocycles. The highest BCUT2D eigenvalue weighted by atomic mass is 16.2. The molecule has 0 radical (unpaired) electrons. The molecular formula is C9H16N2O. The highest BCUT2D eigenvalue weighted by Gasteiger charge is 2.09. The number of carbonyl (C=O) groups is 1. The maximum Gasteiger partial charge on any atom is 0.237 e. The molecule has 0 aromatic carbocycles. The van der Waals surface area contributed by atoms with E-state index in [-0.39, 0.29) is 5.91 Å². The van der Waals surface area contributed by atoms with Crippen molar-refractivity contribution in [3.05, 3.63) is 0 Å². The fraction of sp³-hybridized carbons (Fsp3) is 0.667. The summed E-state index contributed by atoms with van der Waals surface area (Å²) in [7, 11) is 0. The van der Waals surface area contributed by atoms with E-state index in [1.165, 1.54) is 0 Å². The topological polar surface area (TPSA) is 55.1 Å². The van der Waals surface area contributed by atoms with Crippen LogP contribution in [0.1, 0.15) is 26.2 Å². The molecule has 12 heavy (non-hydrogen) atoms. The molecule has 0 aliphatic rings. The van der Waals surface area contributed by atoms with Gasteiger partial charge in [-0.15, -0.1) is 12.3 Å². The van der Waals surface area contributed by atoms with Gasteiger partial charge in [-0.25, -0.2) is 0 Å². The Morgan fingerprint density at radius 3 is 2.92 bits per heavy atom. The van der Waals surface area contributed by atoms with Gasteiger partial charge in [-0.1, -0.05) is 13.3 Å². The van der Waals surface area contributed by atoms with Gasteiger partial charge in [-0.3, -0.25) is 4.79 Å². The van der Waals surface area contributed by atoms with Crippen molar-refractivity contribution in [3.63, 3.8) is 0 Å². The van der Waals surface area contributed by atoms with Crippen molar-refractivity contribution < 1.29 is 4.79 Å². The molecule has 3 nitrogen and oxygen atoms in total. The number of nitrogens with two attached hydrogens (primary N) is 1. The summed E-state index contributed by atoms with van der Waals surface area (Å²) in [6.45, 7) is 2.75. The van der Waals surface area contributed by atoms with Gasteiger partial charge in [-0.2, -0.15) is 0 Å². The van der Waals surface area contributed by atoms with E-state index in [9.17, 15) is 4.79 Å². The average Bonchev–Trinajstić information content (AvgIpc) is 2.05. The minimum Gasteiger partial charge on any atom is -0.355 e. The number of hydrogen-bond donors (Lipinski definition) is 2. The zero-order chi connectivity index (χ0) is 9.40. The molecule has 1 unspecified atom stereocenters. The van der Waals surface area contributed by atoms with E-state index in [1.807, 2.05) is 0 Å². The van der Waals surface area contributed by atoms with Crippen molar-refractivity contribution in [1.29, 1.82) is 0 Å². The number of rotatable bonds is 5. The van der Waals surface area contributed by atoms with Crippen LogP contribution >= 0.6 is 0 Å². The summed E-state index contributed by atoms with van der Waals surface area (Å²) in [5, 5.41) is 2.71. The minimum absolute atomic E-state index is 0.151. The first kappa shape index (κ1) is 11.0. The second-order valence-corrected chi connectivity index (χ2v) is 2.66. The largest absolute Gasteiger partial charge is 0.355 e. The van der Waals surface area contributed by atoms with E-state index in [0.717, 1.165) is 12.8 Å². The number of unbranched alkanes of at least 4 members (excludes halogenated alkanes) is 1. The van der Waals surface area contributed by atoms with Crippen LogP contribution < -0.4 is 11.1 Å². The molecule has 0 aromatic heterocycles. The molecule has 0 rings (SSSR count). The van der Waals surface area contributed by atoms with Gasteiger partial charge >= 0.3 is 0 Å². The molecule has 1 amide bonds. The summed E-state index contributed by atoms with van der Waals surface area (Å²) in [4.78, 5) is 11.1. The first-order chi connectivity index (χ1) is 5.72. The summed E-state index contributed by atoms with van der Waals surface area (Å²) < 4.78 is 0. The van der Waals surface area contributed by atoms with E-state index in [1.54, 1.807) is 0 Å². The normalized spacial score (nSPS) is 11.8. The fourth-order valence-corrected chi connectivity index (χ4v) is 0.739. The van der Waals surface area contributed by atoms with Gasteiger partial charge < -0.3 is 11.1 Å². The van der Waals surface area contributed by atoms with Crippen molar-refractivity contribution in [1.82, 2.24) is 5.32 Å². The molecule has 0 fully saturated rings. The molecule has 0 saturated carbocycles. The third-order valence-electron chi connectivity index (χ3n) is 1.50. The van der Waals surface area contributed by atoms with Gasteiger partial charge in [-0.05, 0) is 6.42 Å². The Labute approximate surface area is 73.7 Å². The number of terminal acetylenes is 1. The van der Waals surface area contributed by atoms with Gasteiger partial charge in [0.15, 0.2) is 0 Å². The number of nitrogens with one attached hydrogen (secondary N) is 1. The van der Waals surface area contributed by atoms with Crippen LogP contribution in [0.25, 0.3) is 0 Å². The maximum absolute atomic E-state index is 11.1. The van der Waals surface area contributed by atoms with Crippen molar-refractivity contribution in [2.45, 2.75) is 32.2 Å². The molecule has 0 aliphatic carbocycles. The average molecular weight is 168 g/mol. The Balaban J connectivity index is 3.51. The highest BCUT2D eigenvalue weighted by molar-refractivity contribution is 5.81. The van der Waals surface area contributed by atoms with Gasteiger partial charge in [0.05, 0.1) is 6.04 Å². The highest BCUT2D eigenvalue weighted by Crippen LogP contribution is 1.87. The van der Waals surface area contributed by atoms with Gasteiger partial charge in [0.25, 0.3) is 0 Å². The second kappa shape index (κ2) is 6.68. The Hall–Kier alpha value is -1.01. The molecule has 0 bridgehead atoms. The van der Waals surface area contributed by atoms with Crippen LogP contribution in [-0.2, 0) is 4.79 Å². The molecule has 1 atom stereocenters. The van der Waals surface area contributed by atoms with Gasteiger partial charge in [0, 0.05) is 13.0 Å². The number of amides is 1. The summed E-state index contributed by atoms with van der Waals surface area (Å²) in [6, 6.07) is -0.549. The summed E-state index contributed by atoms with van der Waals surface area (Å²) in [5.41, 5.74) is 5.46. The molecule has 0 spiro atoms. The van der Waals surface area contributed by atoms with Crippen LogP contribution in [0.5, 0.6) is 0 Å². The predicted molar refractivity (Wildman–Crippen MR) is 49.3 cm³/mol. The lowest BCUT2D eigenvalue weighted by molar-refractivity contribution is -0.122. The van der Waals surface area contributed by atoms with E-state index in [4.69, 9.17) is 12.2 Å². The maximum atomic E-state index is 11.1. The van der Waals surface area contributed by atoms with Crippen LogP contribution in [0.4, 0.5) is 0 Å². The standard InChI is InChI=1S/C9H16N2O/c1-3-5-7-11-9(12)8(10)6-4-2/h2,8H,3,5-7,10H2,1H3,(H,11,12). The Kier molecular flexibility index (Phi) is 6.12. The van der Waals surface area contributed by atoms with Gasteiger partial charge in [0.1, 0.15) is 0 Å². The van der Waals surface area contributed by atoms with Crippen molar-refractivity contribution >= 4 is 5.91 Å². The van der Waals surface area contributed by atoms with Crippen LogP contribution in [-0.4, -0.2) is 18.5 Å². The van der Waals surface area contributed by atoms with Crippen LogP contribution in [0.2, 0.25) is 0 Å². The fourth-order valence-electron chi connectivity index (χ4n) is 0.739. The van der Waals surface area contributed by atoms with Crippen LogP contribution in [0.15, 0.2) is 0 Å². The zero-order valence-electron chi connectivity index (χ0n) is 7.47. The van der Waals surface area contributed by atoms with Crippen molar-refractivity contribution in [3.8, 4) is 12.3 Å². The smallest absolute Gasteiger partial charge is 0.237 e. The zero-order valence-corrected chi connectivity index (χ0v) is 7.47. The molecule has 68 valence electrons. The molecule has 0 heterocycles. The predicted octanol–water partition coefficient (Wildman–Crippen LogP) is 0.253. The van der Waals surface area contributed by atoms with Crippen LogP contribution in [0.3, 0.4) is 0 Å². The Bertz CT molecular complexity index is 172. The number of hydrogen-bond acceptors (Lipinski definition) is 2. The third kappa shape index (κ3) is 4.75. The minimum atomic E-state index is -0.549. The SMILES string of the molecule is C#CCC(N)C(=O)NCCCC. The van der Waals surface area contributed by atoms with Crippen LogP contribution in [0, 0.1) is 12.3 Å². The van der Waals surface area contributed by atoms with E-state index in [0.29, 0.717) is 13.0 Å². The quantitative estimate of drug-likeness (QED) is 0.457. The first-order valence-corrected chi connectivity index (χ1v) is 4.19. The van der Waals surface area contributed by atoms with Crippen molar-refractivity contribution in [2.24, 2.45) is 5.73 Å². The van der Waals surface area contributed by atoms with Crippen molar-refractivity contribution in [2.75, 3.05) is 6.54 Å². The lowest BCUT2D eigenvalue weighted by Gasteiger charge is -2.08. The number of carbonyl (C=O) groups excluding carboxylic acids is 1. The molecule has 0 aliphatic heterocycles. The lowest BCUT2D eigenvalue weighted by atomic mass is 10.2. The summed E-state index contributed by atoms with van der Waals surface area (Å²) in [5.74, 6) is 2.20. The van der Waals surface area contributed by atoms with E-state index >= 15 is 0 Å². The van der Waals surface area contributed by atoms with Gasteiger partial charge in [0.2, 0.25) is 5.91 Å².